The summed E-state index contributed by atoms with van der Waals surface area (Å²) in [5.74, 6) is 0. The summed E-state index contributed by atoms with van der Waals surface area (Å²) in [6.07, 6.45) is 1.75. The molecule has 1 aromatic carbocycles. The number of nitrogens with one attached hydrogen (secondary N) is 2. The summed E-state index contributed by atoms with van der Waals surface area (Å²) in [7, 11) is 0. The Hall–Kier alpha value is -1.04. The molecule has 0 aliphatic carbocycles. The normalized spacial score (nSPS) is 12.2. The summed E-state index contributed by atoms with van der Waals surface area (Å²) in [5, 5.41) is 5.52. The van der Waals surface area contributed by atoms with Crippen molar-refractivity contribution in [2.45, 2.75) is 27.7 Å². The SMILES string of the molecule is C/C(=C\NC(=O)Nc1ccc(I)cc1)C(C)(C)C. The first-order chi connectivity index (χ1) is 8.29. The molecule has 0 aliphatic rings. The number of carbonyl (C=O) groups is 1. The van der Waals surface area contributed by atoms with E-state index in [1.807, 2.05) is 31.2 Å². The average Bonchev–Trinajstić information content (AvgIpc) is 2.28. The van der Waals surface area contributed by atoms with E-state index in [9.17, 15) is 4.79 Å². The second kappa shape index (κ2) is 6.22. The van der Waals surface area contributed by atoms with Crippen molar-refractivity contribution in [3.63, 3.8) is 0 Å². The standard InChI is InChI=1S/C14H19IN2O/c1-10(14(2,3)4)9-16-13(18)17-12-7-5-11(15)6-8-12/h5-9H,1-4H3,(H2,16,17,18)/b10-9+. The lowest BCUT2D eigenvalue weighted by molar-refractivity contribution is 0.255. The number of hydrogen-bond donors (Lipinski definition) is 2. The number of hydrogen-bond acceptors (Lipinski definition) is 1. The molecule has 0 spiro atoms. The molecular weight excluding hydrogens is 339 g/mol. The lowest BCUT2D eigenvalue weighted by Gasteiger charge is -2.19. The van der Waals surface area contributed by atoms with Crippen molar-refractivity contribution in [3.8, 4) is 0 Å². The van der Waals surface area contributed by atoms with Gasteiger partial charge in [-0.15, -0.1) is 0 Å². The molecule has 0 saturated carbocycles. The first-order valence-electron chi connectivity index (χ1n) is 5.79. The monoisotopic (exact) mass is 358 g/mol. The fourth-order valence-corrected chi connectivity index (χ4v) is 1.45. The van der Waals surface area contributed by atoms with Crippen LogP contribution in [0.2, 0.25) is 0 Å². The van der Waals surface area contributed by atoms with Crippen LogP contribution in [0.25, 0.3) is 0 Å². The first kappa shape index (κ1) is 15.0. The highest BCUT2D eigenvalue weighted by molar-refractivity contribution is 14.1. The van der Waals surface area contributed by atoms with Gasteiger partial charge in [0.15, 0.2) is 0 Å². The van der Waals surface area contributed by atoms with Gasteiger partial charge in [-0.1, -0.05) is 26.3 Å². The summed E-state index contributed by atoms with van der Waals surface area (Å²) in [5.41, 5.74) is 1.98. The van der Waals surface area contributed by atoms with Gasteiger partial charge in [-0.05, 0) is 59.2 Å². The minimum absolute atomic E-state index is 0.0656. The molecule has 0 aromatic heterocycles. The van der Waals surface area contributed by atoms with Crippen molar-refractivity contribution in [3.05, 3.63) is 39.6 Å². The van der Waals surface area contributed by atoms with E-state index < -0.39 is 0 Å². The molecule has 1 rings (SSSR count). The number of halogens is 1. The maximum atomic E-state index is 11.7. The van der Waals surface area contributed by atoms with Crippen molar-refractivity contribution in [2.24, 2.45) is 5.41 Å². The third-order valence-corrected chi connectivity index (χ3v) is 3.42. The molecule has 18 heavy (non-hydrogen) atoms. The van der Waals surface area contributed by atoms with Crippen molar-refractivity contribution in [1.82, 2.24) is 5.32 Å². The second-order valence-corrected chi connectivity index (χ2v) is 6.43. The van der Waals surface area contributed by atoms with Crippen LogP contribution in [-0.2, 0) is 0 Å². The van der Waals surface area contributed by atoms with Crippen LogP contribution in [0, 0.1) is 8.99 Å². The van der Waals surface area contributed by atoms with Gasteiger partial charge in [-0.3, -0.25) is 0 Å². The molecule has 1 aromatic rings. The summed E-state index contributed by atoms with van der Waals surface area (Å²) in [6, 6.07) is 7.43. The van der Waals surface area contributed by atoms with Crippen LogP contribution < -0.4 is 10.6 Å². The van der Waals surface area contributed by atoms with Crippen LogP contribution in [0.4, 0.5) is 10.5 Å². The predicted molar refractivity (Wildman–Crippen MR) is 84.5 cm³/mol. The molecule has 98 valence electrons. The van der Waals surface area contributed by atoms with Gasteiger partial charge < -0.3 is 10.6 Å². The van der Waals surface area contributed by atoms with Gasteiger partial charge in [-0.25, -0.2) is 4.79 Å². The zero-order valence-corrected chi connectivity index (χ0v) is 13.3. The van der Waals surface area contributed by atoms with E-state index >= 15 is 0 Å². The van der Waals surface area contributed by atoms with Gasteiger partial charge in [-0.2, -0.15) is 0 Å². The van der Waals surface area contributed by atoms with E-state index in [0.717, 1.165) is 14.8 Å². The van der Waals surface area contributed by atoms with Crippen LogP contribution in [0.15, 0.2) is 36.0 Å². The molecule has 0 heterocycles. The summed E-state index contributed by atoms with van der Waals surface area (Å²) < 4.78 is 1.14. The van der Waals surface area contributed by atoms with Gasteiger partial charge >= 0.3 is 6.03 Å². The molecule has 0 fully saturated rings. The Morgan fingerprint density at radius 2 is 1.78 bits per heavy atom. The van der Waals surface area contributed by atoms with E-state index in [-0.39, 0.29) is 11.4 Å². The molecule has 0 saturated heterocycles. The van der Waals surface area contributed by atoms with Crippen molar-refractivity contribution in [2.75, 3.05) is 5.32 Å². The Balaban J connectivity index is 2.55. The fourth-order valence-electron chi connectivity index (χ4n) is 1.09. The molecule has 0 radical (unpaired) electrons. The number of benzene rings is 1. The second-order valence-electron chi connectivity index (χ2n) is 5.18. The minimum Gasteiger partial charge on any atom is -0.314 e. The third kappa shape index (κ3) is 5.08. The highest BCUT2D eigenvalue weighted by atomic mass is 127. The lowest BCUT2D eigenvalue weighted by Crippen LogP contribution is -2.25. The number of anilines is 1. The number of amides is 2. The quantitative estimate of drug-likeness (QED) is 0.758. The van der Waals surface area contributed by atoms with Crippen LogP contribution in [-0.4, -0.2) is 6.03 Å². The molecule has 0 bridgehead atoms. The van der Waals surface area contributed by atoms with E-state index in [0.29, 0.717) is 0 Å². The summed E-state index contributed by atoms with van der Waals surface area (Å²) in [6.45, 7) is 8.33. The van der Waals surface area contributed by atoms with Gasteiger partial charge in [0.05, 0.1) is 0 Å². The maximum Gasteiger partial charge on any atom is 0.323 e. The zero-order valence-electron chi connectivity index (χ0n) is 11.2. The lowest BCUT2D eigenvalue weighted by atomic mass is 9.88. The molecule has 4 heteroatoms. The Morgan fingerprint density at radius 1 is 1.22 bits per heavy atom. The summed E-state index contributed by atoms with van der Waals surface area (Å²) >= 11 is 2.23. The van der Waals surface area contributed by atoms with Crippen LogP contribution in [0.3, 0.4) is 0 Å². The Bertz CT molecular complexity index is 444. The number of allylic oxidation sites excluding steroid dienone is 1. The average molecular weight is 358 g/mol. The molecule has 0 atom stereocenters. The van der Waals surface area contributed by atoms with Crippen LogP contribution in [0.1, 0.15) is 27.7 Å². The van der Waals surface area contributed by atoms with E-state index in [1.54, 1.807) is 6.20 Å². The molecule has 0 unspecified atom stereocenters. The van der Waals surface area contributed by atoms with Crippen molar-refractivity contribution < 1.29 is 4.79 Å². The van der Waals surface area contributed by atoms with Gasteiger partial charge in [0.1, 0.15) is 0 Å². The smallest absolute Gasteiger partial charge is 0.314 e. The largest absolute Gasteiger partial charge is 0.323 e. The summed E-state index contributed by atoms with van der Waals surface area (Å²) in [4.78, 5) is 11.7. The molecule has 0 aliphatic heterocycles. The van der Waals surface area contributed by atoms with Gasteiger partial charge in [0, 0.05) is 15.5 Å². The van der Waals surface area contributed by atoms with Gasteiger partial charge in [0.2, 0.25) is 0 Å². The highest BCUT2D eigenvalue weighted by Crippen LogP contribution is 2.23. The molecule has 3 nitrogen and oxygen atoms in total. The first-order valence-corrected chi connectivity index (χ1v) is 6.87. The predicted octanol–water partition coefficient (Wildman–Crippen LogP) is 4.36. The molecular formula is C14H19IN2O. The van der Waals surface area contributed by atoms with Crippen LogP contribution >= 0.6 is 22.6 Å². The zero-order chi connectivity index (χ0) is 13.8. The Morgan fingerprint density at radius 3 is 2.28 bits per heavy atom. The Kier molecular flexibility index (Phi) is 5.19. The van der Waals surface area contributed by atoms with Crippen LogP contribution in [0.5, 0.6) is 0 Å². The number of urea groups is 1. The third-order valence-electron chi connectivity index (χ3n) is 2.70. The highest BCUT2D eigenvalue weighted by Gasteiger charge is 2.12. The topological polar surface area (TPSA) is 41.1 Å². The van der Waals surface area contributed by atoms with E-state index in [2.05, 4.69) is 54.0 Å². The fraction of sp³-hybridized carbons (Fsp3) is 0.357. The van der Waals surface area contributed by atoms with Crippen molar-refractivity contribution >= 4 is 34.3 Å². The van der Waals surface area contributed by atoms with E-state index in [4.69, 9.17) is 0 Å². The van der Waals surface area contributed by atoms with E-state index in [1.165, 1.54) is 0 Å². The minimum atomic E-state index is -0.222. The maximum absolute atomic E-state index is 11.7. The van der Waals surface area contributed by atoms with Crippen molar-refractivity contribution in [1.29, 1.82) is 0 Å². The van der Waals surface area contributed by atoms with Gasteiger partial charge in [0.25, 0.3) is 0 Å². The molecule has 2 amide bonds. The number of carbonyl (C=O) groups excluding carboxylic acids is 1. The Labute approximate surface area is 122 Å². The number of rotatable bonds is 2. The molecule has 2 N–H and O–H groups in total.